The molecule has 0 radical (unpaired) electrons. The fraction of sp³-hybridized carbons (Fsp3) is 0.294. The quantitative estimate of drug-likeness (QED) is 0.781. The van der Waals surface area contributed by atoms with Crippen molar-refractivity contribution in [1.29, 1.82) is 0 Å². The number of hydrogen-bond donors (Lipinski definition) is 2. The molecule has 2 aromatic rings. The van der Waals surface area contributed by atoms with Gasteiger partial charge in [-0.1, -0.05) is 0 Å². The third-order valence-corrected chi connectivity index (χ3v) is 3.92. The molecule has 0 aliphatic heterocycles. The lowest BCUT2D eigenvalue weighted by Crippen LogP contribution is -2.36. The minimum absolute atomic E-state index is 0. The van der Waals surface area contributed by atoms with Crippen LogP contribution in [-0.2, 0) is 4.79 Å². The number of anilines is 1. The van der Waals surface area contributed by atoms with Crippen molar-refractivity contribution >= 4 is 35.8 Å². The molecule has 2 rings (SSSR count). The summed E-state index contributed by atoms with van der Waals surface area (Å²) in [5.74, 6) is 2.10. The topological polar surface area (TPSA) is 77.2 Å². The first-order chi connectivity index (χ1) is 11.1. The monoisotopic (exact) mass is 367 g/mol. The zero-order valence-corrected chi connectivity index (χ0v) is 15.3. The fourth-order valence-corrected chi connectivity index (χ4v) is 2.48. The van der Waals surface area contributed by atoms with Crippen LogP contribution in [-0.4, -0.2) is 28.9 Å². The molecule has 0 saturated carbocycles. The first-order valence-corrected chi connectivity index (χ1v) is 8.73. The van der Waals surface area contributed by atoms with Crippen molar-refractivity contribution in [2.24, 2.45) is 5.73 Å². The molecular weight excluding hydrogens is 346 g/mol. The summed E-state index contributed by atoms with van der Waals surface area (Å²) in [6.07, 6.45) is 6.00. The maximum absolute atomic E-state index is 12.0. The van der Waals surface area contributed by atoms with E-state index >= 15 is 0 Å². The van der Waals surface area contributed by atoms with E-state index in [1.807, 2.05) is 37.4 Å². The summed E-state index contributed by atoms with van der Waals surface area (Å²) < 4.78 is 5.77. The molecule has 5 nitrogen and oxygen atoms in total. The number of nitrogens with two attached hydrogens (primary N) is 1. The average molecular weight is 368 g/mol. The summed E-state index contributed by atoms with van der Waals surface area (Å²) in [6, 6.07) is 8.66. The Kier molecular flexibility index (Phi) is 8.60. The molecule has 0 bridgehead atoms. The van der Waals surface area contributed by atoms with E-state index in [1.165, 1.54) is 0 Å². The van der Waals surface area contributed by atoms with Gasteiger partial charge >= 0.3 is 0 Å². The van der Waals surface area contributed by atoms with Gasteiger partial charge in [-0.25, -0.2) is 0 Å². The van der Waals surface area contributed by atoms with E-state index < -0.39 is 6.04 Å². The van der Waals surface area contributed by atoms with Gasteiger partial charge in [-0.3, -0.25) is 9.78 Å². The summed E-state index contributed by atoms with van der Waals surface area (Å²) in [4.78, 5) is 16.0. The van der Waals surface area contributed by atoms with Gasteiger partial charge in [0, 0.05) is 11.9 Å². The van der Waals surface area contributed by atoms with E-state index in [9.17, 15) is 4.79 Å². The highest BCUT2D eigenvalue weighted by molar-refractivity contribution is 7.98. The first kappa shape index (κ1) is 20.3. The van der Waals surface area contributed by atoms with Crippen LogP contribution < -0.4 is 15.8 Å². The van der Waals surface area contributed by atoms with Crippen LogP contribution in [0.1, 0.15) is 12.0 Å². The number of rotatable bonds is 7. The van der Waals surface area contributed by atoms with E-state index in [0.29, 0.717) is 17.9 Å². The van der Waals surface area contributed by atoms with Crippen LogP contribution in [0.2, 0.25) is 0 Å². The van der Waals surface area contributed by atoms with Gasteiger partial charge < -0.3 is 15.8 Å². The molecule has 0 unspecified atom stereocenters. The predicted molar refractivity (Wildman–Crippen MR) is 102 cm³/mol. The predicted octanol–water partition coefficient (Wildman–Crippen LogP) is 3.62. The van der Waals surface area contributed by atoms with Crippen LogP contribution in [0.25, 0.3) is 0 Å². The van der Waals surface area contributed by atoms with Crippen molar-refractivity contribution in [3.63, 3.8) is 0 Å². The number of halogens is 1. The number of nitrogens with one attached hydrogen (secondary N) is 1. The van der Waals surface area contributed by atoms with Gasteiger partial charge in [-0.05, 0) is 61.2 Å². The number of aryl methyl sites for hydroxylation is 1. The van der Waals surface area contributed by atoms with Gasteiger partial charge in [0.1, 0.15) is 11.5 Å². The first-order valence-electron chi connectivity index (χ1n) is 7.34. The Labute approximate surface area is 152 Å². The summed E-state index contributed by atoms with van der Waals surface area (Å²) in [7, 11) is 0. The second kappa shape index (κ2) is 10.2. The Hall–Kier alpha value is -1.76. The lowest BCUT2D eigenvalue weighted by Gasteiger charge is -2.13. The molecule has 1 aromatic heterocycles. The van der Waals surface area contributed by atoms with E-state index in [4.69, 9.17) is 10.5 Å². The van der Waals surface area contributed by atoms with Crippen molar-refractivity contribution in [3.05, 3.63) is 48.3 Å². The van der Waals surface area contributed by atoms with Crippen molar-refractivity contribution < 1.29 is 9.53 Å². The second-order valence-electron chi connectivity index (χ2n) is 5.15. The molecule has 0 spiro atoms. The molecule has 0 fully saturated rings. The molecule has 1 aromatic carbocycles. The van der Waals surface area contributed by atoms with E-state index in [2.05, 4.69) is 10.3 Å². The summed E-state index contributed by atoms with van der Waals surface area (Å²) in [5, 5.41) is 2.84. The van der Waals surface area contributed by atoms with E-state index in [0.717, 1.165) is 17.1 Å². The Morgan fingerprint density at radius 2 is 2.21 bits per heavy atom. The summed E-state index contributed by atoms with van der Waals surface area (Å²) in [6.45, 7) is 1.93. The number of carbonyl (C=O) groups excluding carboxylic acids is 1. The molecule has 24 heavy (non-hydrogen) atoms. The maximum Gasteiger partial charge on any atom is 0.241 e. The van der Waals surface area contributed by atoms with Crippen molar-refractivity contribution in [2.45, 2.75) is 19.4 Å². The number of amides is 1. The second-order valence-corrected chi connectivity index (χ2v) is 6.13. The highest BCUT2D eigenvalue weighted by atomic mass is 35.5. The molecular formula is C17H22ClN3O2S. The highest BCUT2D eigenvalue weighted by Gasteiger charge is 2.13. The van der Waals surface area contributed by atoms with Crippen LogP contribution in [0.5, 0.6) is 11.5 Å². The van der Waals surface area contributed by atoms with Gasteiger partial charge in [-0.15, -0.1) is 12.4 Å². The van der Waals surface area contributed by atoms with Crippen molar-refractivity contribution in [3.8, 4) is 11.5 Å². The fourth-order valence-electron chi connectivity index (χ4n) is 1.99. The molecule has 0 aliphatic carbocycles. The smallest absolute Gasteiger partial charge is 0.241 e. The van der Waals surface area contributed by atoms with E-state index in [-0.39, 0.29) is 18.3 Å². The Balaban J connectivity index is 0.00000288. The number of ether oxygens (including phenoxy) is 1. The van der Waals surface area contributed by atoms with Crippen LogP contribution in [0.15, 0.2) is 42.7 Å². The number of nitrogens with zero attached hydrogens (tertiary/aromatic N) is 1. The number of hydrogen-bond acceptors (Lipinski definition) is 5. The van der Waals surface area contributed by atoms with Gasteiger partial charge in [-0.2, -0.15) is 11.8 Å². The minimum Gasteiger partial charge on any atom is -0.455 e. The Morgan fingerprint density at radius 1 is 1.42 bits per heavy atom. The molecule has 3 N–H and O–H groups in total. The standard InChI is InChI=1S/C17H21N3O2S.ClH/c1-12-10-13(20-17(21)15(18)7-9-23-2)5-6-16(12)22-14-4-3-8-19-11-14;/h3-6,8,10-11,15H,7,9,18H2,1-2H3,(H,20,21);1H/t15-;/m0./s1. The van der Waals surface area contributed by atoms with Gasteiger partial charge in [0.2, 0.25) is 5.91 Å². The SMILES string of the molecule is CSCC[C@H](N)C(=O)Nc1ccc(Oc2cccnc2)c(C)c1.Cl. The van der Waals surface area contributed by atoms with Gasteiger partial charge in [0.05, 0.1) is 12.2 Å². The molecule has 0 saturated heterocycles. The van der Waals surface area contributed by atoms with Crippen LogP contribution in [0, 0.1) is 6.92 Å². The maximum atomic E-state index is 12.0. The number of pyridine rings is 1. The minimum atomic E-state index is -0.492. The van der Waals surface area contributed by atoms with E-state index in [1.54, 1.807) is 30.2 Å². The average Bonchev–Trinajstić information content (AvgIpc) is 2.56. The zero-order chi connectivity index (χ0) is 16.7. The zero-order valence-electron chi connectivity index (χ0n) is 13.7. The molecule has 1 heterocycles. The van der Waals surface area contributed by atoms with Gasteiger partial charge in [0.25, 0.3) is 0 Å². The highest BCUT2D eigenvalue weighted by Crippen LogP contribution is 2.26. The normalized spacial score (nSPS) is 11.3. The lowest BCUT2D eigenvalue weighted by molar-refractivity contribution is -0.117. The van der Waals surface area contributed by atoms with Crippen molar-refractivity contribution in [2.75, 3.05) is 17.3 Å². The molecule has 130 valence electrons. The number of carbonyl (C=O) groups is 1. The lowest BCUT2D eigenvalue weighted by atomic mass is 10.1. The Bertz CT molecular complexity index is 656. The number of aromatic nitrogens is 1. The Morgan fingerprint density at radius 3 is 2.83 bits per heavy atom. The molecule has 1 atom stereocenters. The summed E-state index contributed by atoms with van der Waals surface area (Å²) >= 11 is 1.68. The number of thioether (sulfide) groups is 1. The molecule has 7 heteroatoms. The molecule has 1 amide bonds. The van der Waals surface area contributed by atoms with Crippen LogP contribution in [0.3, 0.4) is 0 Å². The largest absolute Gasteiger partial charge is 0.455 e. The van der Waals surface area contributed by atoms with Crippen LogP contribution >= 0.6 is 24.2 Å². The number of benzene rings is 1. The third-order valence-electron chi connectivity index (χ3n) is 3.27. The third kappa shape index (κ3) is 6.03. The van der Waals surface area contributed by atoms with Gasteiger partial charge in [0.15, 0.2) is 0 Å². The summed E-state index contributed by atoms with van der Waals surface area (Å²) in [5.41, 5.74) is 7.50. The van der Waals surface area contributed by atoms with Crippen LogP contribution in [0.4, 0.5) is 5.69 Å². The van der Waals surface area contributed by atoms with Crippen molar-refractivity contribution in [1.82, 2.24) is 4.98 Å². The molecule has 0 aliphatic rings.